The molecule has 8 nitrogen and oxygen atoms in total. The van der Waals surface area contributed by atoms with E-state index in [1.54, 1.807) is 0 Å². The molecule has 0 saturated carbocycles. The molecule has 0 bridgehead atoms. The van der Waals surface area contributed by atoms with E-state index in [4.69, 9.17) is 21.1 Å². The zero-order chi connectivity index (χ0) is 16.5. The first-order valence-corrected chi connectivity index (χ1v) is 7.26. The molecule has 0 fully saturated rings. The molecule has 0 heterocycles. The molecule has 0 radical (unpaired) electrons. The van der Waals surface area contributed by atoms with E-state index in [0.717, 1.165) is 25.0 Å². The molecule has 0 aliphatic rings. The van der Waals surface area contributed by atoms with Gasteiger partial charge in [0.15, 0.2) is 5.75 Å². The summed E-state index contributed by atoms with van der Waals surface area (Å²) in [5.41, 5.74) is -0.849. The number of halogens is 1. The Morgan fingerprint density at radius 3 is 2.55 bits per heavy atom. The third-order valence-corrected chi connectivity index (χ3v) is 3.11. The Balaban J connectivity index is 2.81. The summed E-state index contributed by atoms with van der Waals surface area (Å²) in [4.78, 5) is 20.2. The smallest absolute Gasteiger partial charge is 0.317 e. The van der Waals surface area contributed by atoms with Gasteiger partial charge < -0.3 is 9.47 Å². The highest BCUT2D eigenvalue weighted by atomic mass is 35.5. The summed E-state index contributed by atoms with van der Waals surface area (Å²) in [7, 11) is 0. The number of unbranched alkanes of at least 4 members (excludes halogenated alkanes) is 1. The Bertz CT molecular complexity index is 525. The fraction of sp³-hybridized carbons (Fsp3) is 0.538. The van der Waals surface area contributed by atoms with E-state index in [1.807, 2.05) is 6.92 Å². The van der Waals surface area contributed by atoms with Crippen LogP contribution in [0.15, 0.2) is 18.2 Å². The van der Waals surface area contributed by atoms with Crippen LogP contribution < -0.4 is 4.74 Å². The Morgan fingerprint density at radius 1 is 1.27 bits per heavy atom. The Hall–Kier alpha value is -1.93. The normalized spacial score (nSPS) is 11.9. The first-order chi connectivity index (χ1) is 10.5. The Morgan fingerprint density at radius 2 is 2.00 bits per heavy atom. The Kier molecular flexibility index (Phi) is 7.55. The van der Waals surface area contributed by atoms with Crippen molar-refractivity contribution in [1.82, 2.24) is 0 Å². The standard InChI is InChI=1S/C13H17ClN2O6/c1-2-3-6-21-9-11(8-14)22-13-5-4-10(15(17)18)7-12(13)16(19)20/h4-5,7,11H,2-3,6,8-9H2,1H3. The molecule has 122 valence electrons. The lowest BCUT2D eigenvalue weighted by atomic mass is 10.2. The summed E-state index contributed by atoms with van der Waals surface area (Å²) < 4.78 is 10.8. The van der Waals surface area contributed by atoms with E-state index in [0.29, 0.717) is 6.61 Å². The van der Waals surface area contributed by atoms with Gasteiger partial charge >= 0.3 is 5.69 Å². The van der Waals surface area contributed by atoms with Crippen LogP contribution in [0, 0.1) is 20.2 Å². The summed E-state index contributed by atoms with van der Waals surface area (Å²) in [6.45, 7) is 2.77. The lowest BCUT2D eigenvalue weighted by molar-refractivity contribution is -0.394. The van der Waals surface area contributed by atoms with Crippen LogP contribution in [-0.4, -0.2) is 35.0 Å². The highest BCUT2D eigenvalue weighted by Crippen LogP contribution is 2.31. The number of nitro groups is 2. The molecule has 0 saturated heterocycles. The summed E-state index contributed by atoms with van der Waals surface area (Å²) in [6.07, 6.45) is 1.31. The lowest BCUT2D eigenvalue weighted by Crippen LogP contribution is -2.25. The van der Waals surface area contributed by atoms with Crippen molar-refractivity contribution in [3.8, 4) is 5.75 Å². The van der Waals surface area contributed by atoms with Gasteiger partial charge in [-0.15, -0.1) is 11.6 Å². The Labute approximate surface area is 132 Å². The predicted molar refractivity (Wildman–Crippen MR) is 80.6 cm³/mol. The average molecular weight is 333 g/mol. The molecule has 1 unspecified atom stereocenters. The number of nitrogens with zero attached hydrogens (tertiary/aromatic N) is 2. The highest BCUT2D eigenvalue weighted by Gasteiger charge is 2.23. The molecular formula is C13H17ClN2O6. The van der Waals surface area contributed by atoms with E-state index in [9.17, 15) is 20.2 Å². The monoisotopic (exact) mass is 332 g/mol. The number of ether oxygens (including phenoxy) is 2. The van der Waals surface area contributed by atoms with Crippen molar-refractivity contribution >= 4 is 23.0 Å². The molecule has 0 aliphatic carbocycles. The molecule has 9 heteroatoms. The molecular weight excluding hydrogens is 316 g/mol. The van der Waals surface area contributed by atoms with Gasteiger partial charge in [0.1, 0.15) is 6.10 Å². The molecule has 1 aromatic carbocycles. The number of hydrogen-bond acceptors (Lipinski definition) is 6. The number of hydrogen-bond donors (Lipinski definition) is 0. The van der Waals surface area contributed by atoms with E-state index < -0.39 is 21.6 Å². The second-order valence-corrected chi connectivity index (χ2v) is 4.80. The topological polar surface area (TPSA) is 105 Å². The van der Waals surface area contributed by atoms with Crippen LogP contribution in [0.4, 0.5) is 11.4 Å². The van der Waals surface area contributed by atoms with Gasteiger partial charge in [-0.25, -0.2) is 0 Å². The number of nitro benzene ring substituents is 2. The minimum absolute atomic E-state index is 0.0691. The predicted octanol–water partition coefficient (Wildman–Crippen LogP) is 3.31. The van der Waals surface area contributed by atoms with Crippen molar-refractivity contribution in [3.05, 3.63) is 38.4 Å². The van der Waals surface area contributed by atoms with E-state index in [2.05, 4.69) is 0 Å². The molecule has 0 aliphatic heterocycles. The van der Waals surface area contributed by atoms with Crippen molar-refractivity contribution in [2.45, 2.75) is 25.9 Å². The first-order valence-electron chi connectivity index (χ1n) is 6.72. The van der Waals surface area contributed by atoms with Crippen LogP contribution in [0.2, 0.25) is 0 Å². The van der Waals surface area contributed by atoms with Gasteiger partial charge in [0.2, 0.25) is 0 Å². The van der Waals surface area contributed by atoms with Crippen molar-refractivity contribution in [2.75, 3.05) is 19.1 Å². The van der Waals surface area contributed by atoms with Crippen LogP contribution >= 0.6 is 11.6 Å². The molecule has 0 aromatic heterocycles. The van der Waals surface area contributed by atoms with Crippen LogP contribution in [0.1, 0.15) is 19.8 Å². The molecule has 1 rings (SSSR count). The second-order valence-electron chi connectivity index (χ2n) is 4.49. The zero-order valence-electron chi connectivity index (χ0n) is 12.1. The van der Waals surface area contributed by atoms with Gasteiger partial charge in [-0.3, -0.25) is 20.2 Å². The molecule has 1 aromatic rings. The summed E-state index contributed by atoms with van der Waals surface area (Å²) in [5, 5.41) is 21.7. The van der Waals surface area contributed by atoms with E-state index in [-0.39, 0.29) is 23.9 Å². The second kappa shape index (κ2) is 9.16. The fourth-order valence-corrected chi connectivity index (χ4v) is 1.76. The SMILES string of the molecule is CCCCOCC(CCl)Oc1ccc([N+](=O)[O-])cc1[N+](=O)[O-]. The molecule has 0 N–H and O–H groups in total. The molecule has 0 spiro atoms. The summed E-state index contributed by atoms with van der Waals surface area (Å²) >= 11 is 5.76. The minimum atomic E-state index is -0.731. The van der Waals surface area contributed by atoms with Gasteiger partial charge in [-0.05, 0) is 12.5 Å². The zero-order valence-corrected chi connectivity index (χ0v) is 12.8. The lowest BCUT2D eigenvalue weighted by Gasteiger charge is -2.16. The molecule has 1 atom stereocenters. The van der Waals surface area contributed by atoms with E-state index >= 15 is 0 Å². The van der Waals surface area contributed by atoms with Crippen LogP contribution in [0.3, 0.4) is 0 Å². The van der Waals surface area contributed by atoms with Crippen LogP contribution in [0.5, 0.6) is 5.75 Å². The van der Waals surface area contributed by atoms with Crippen molar-refractivity contribution in [1.29, 1.82) is 0 Å². The van der Waals surface area contributed by atoms with Crippen molar-refractivity contribution in [3.63, 3.8) is 0 Å². The largest absolute Gasteiger partial charge is 0.480 e. The molecule has 0 amide bonds. The third kappa shape index (κ3) is 5.45. The van der Waals surface area contributed by atoms with Crippen molar-refractivity contribution in [2.24, 2.45) is 0 Å². The van der Waals surface area contributed by atoms with Crippen LogP contribution in [0.25, 0.3) is 0 Å². The molecule has 22 heavy (non-hydrogen) atoms. The van der Waals surface area contributed by atoms with Gasteiger partial charge in [0.05, 0.1) is 28.4 Å². The fourth-order valence-electron chi connectivity index (χ4n) is 1.61. The van der Waals surface area contributed by atoms with Crippen LogP contribution in [-0.2, 0) is 4.74 Å². The van der Waals surface area contributed by atoms with Gasteiger partial charge in [-0.2, -0.15) is 0 Å². The maximum atomic E-state index is 11.0. The maximum Gasteiger partial charge on any atom is 0.317 e. The maximum absolute atomic E-state index is 11.0. The third-order valence-electron chi connectivity index (χ3n) is 2.76. The number of alkyl halides is 1. The van der Waals surface area contributed by atoms with E-state index in [1.165, 1.54) is 6.07 Å². The number of rotatable bonds is 10. The number of non-ortho nitro benzene ring substituents is 1. The van der Waals surface area contributed by atoms with Crippen molar-refractivity contribution < 1.29 is 19.3 Å². The minimum Gasteiger partial charge on any atom is -0.480 e. The first kappa shape index (κ1) is 18.1. The quantitative estimate of drug-likeness (QED) is 0.282. The number of benzene rings is 1. The highest BCUT2D eigenvalue weighted by molar-refractivity contribution is 6.18. The van der Waals surface area contributed by atoms with Gasteiger partial charge in [0.25, 0.3) is 5.69 Å². The van der Waals surface area contributed by atoms with Gasteiger partial charge in [0, 0.05) is 12.7 Å². The summed E-state index contributed by atoms with van der Waals surface area (Å²) in [5.74, 6) is 0.0145. The average Bonchev–Trinajstić information content (AvgIpc) is 2.50. The summed E-state index contributed by atoms with van der Waals surface area (Å²) in [6, 6.07) is 3.20. The van der Waals surface area contributed by atoms with Gasteiger partial charge in [-0.1, -0.05) is 13.3 Å².